The maximum Gasteiger partial charge on any atom is 0.319 e. The maximum atomic E-state index is 13.6. The van der Waals surface area contributed by atoms with Gasteiger partial charge in [0.05, 0.1) is 6.04 Å². The van der Waals surface area contributed by atoms with Crippen LogP contribution in [-0.2, 0) is 15.0 Å². The van der Waals surface area contributed by atoms with Crippen LogP contribution < -0.4 is 15.4 Å². The highest BCUT2D eigenvalue weighted by Gasteiger charge is 2.56. The fourth-order valence-electron chi connectivity index (χ4n) is 6.09. The first-order valence-corrected chi connectivity index (χ1v) is 13.9. The van der Waals surface area contributed by atoms with E-state index in [0.29, 0.717) is 61.9 Å². The zero-order chi connectivity index (χ0) is 27.0. The number of benzene rings is 2. The molecule has 0 aliphatic carbocycles. The minimum atomic E-state index is -0.959. The zero-order valence-electron chi connectivity index (χ0n) is 22.2. The Morgan fingerprint density at radius 1 is 1.13 bits per heavy atom. The van der Waals surface area contributed by atoms with Crippen LogP contribution in [0.1, 0.15) is 62.3 Å². The number of hydrogen-bond donors (Lipinski definition) is 2. The topological polar surface area (TPSA) is 91.0 Å². The third-order valence-electron chi connectivity index (χ3n) is 8.18. The van der Waals surface area contributed by atoms with Crippen molar-refractivity contribution in [3.63, 3.8) is 0 Å². The Labute approximate surface area is 228 Å². The minimum Gasteiger partial charge on any atom is -0.490 e. The molecule has 0 bridgehead atoms. The minimum absolute atomic E-state index is 0.0716. The Balaban J connectivity index is 1.43. The van der Waals surface area contributed by atoms with Gasteiger partial charge in [0.1, 0.15) is 17.3 Å². The standard InChI is InChI=1S/C29H35ClN4O4/c1-4-33(5-2)28(37)34-14-11-20(12-15-34)38-24-9-6-18(3)16-21(24)26-29(13-10-25(35)32-26)22-8-7-19(30)17-23(22)31-27(29)36/h6-9,16-17,20,26H,4-5,10-15H2,1-3H3,(H,31,36)(H,32,35)/t26-,29?/m1/s1. The molecule has 38 heavy (non-hydrogen) atoms. The number of nitrogens with one attached hydrogen (secondary N) is 2. The average Bonchev–Trinajstić information content (AvgIpc) is 3.18. The second kappa shape index (κ2) is 10.5. The van der Waals surface area contributed by atoms with Crippen molar-refractivity contribution in [1.82, 2.24) is 15.1 Å². The highest BCUT2D eigenvalue weighted by Crippen LogP contribution is 2.52. The molecule has 2 N–H and O–H groups in total. The molecule has 4 amide bonds. The quantitative estimate of drug-likeness (QED) is 0.572. The molecule has 9 heteroatoms. The summed E-state index contributed by atoms with van der Waals surface area (Å²) in [6, 6.07) is 10.8. The molecule has 2 aromatic carbocycles. The van der Waals surface area contributed by atoms with Gasteiger partial charge in [0.25, 0.3) is 0 Å². The molecule has 2 fully saturated rings. The summed E-state index contributed by atoms with van der Waals surface area (Å²) in [6.45, 7) is 8.61. The number of ether oxygens (including phenoxy) is 1. The molecule has 5 rings (SSSR count). The van der Waals surface area contributed by atoms with E-state index in [0.717, 1.165) is 16.7 Å². The number of carbonyl (C=O) groups is 3. The normalized spacial score (nSPS) is 23.2. The molecule has 2 atom stereocenters. The Bertz CT molecular complexity index is 1260. The van der Waals surface area contributed by atoms with Crippen molar-refractivity contribution >= 4 is 35.1 Å². The van der Waals surface area contributed by atoms with E-state index < -0.39 is 11.5 Å². The number of halogens is 1. The van der Waals surface area contributed by atoms with Crippen LogP contribution in [0.2, 0.25) is 5.02 Å². The monoisotopic (exact) mass is 538 g/mol. The Morgan fingerprint density at radius 3 is 2.58 bits per heavy atom. The summed E-state index contributed by atoms with van der Waals surface area (Å²) in [5, 5.41) is 6.68. The summed E-state index contributed by atoms with van der Waals surface area (Å²) in [6.07, 6.45) is 2.00. The molecule has 2 aromatic rings. The van der Waals surface area contributed by atoms with E-state index in [1.54, 1.807) is 12.1 Å². The molecule has 202 valence electrons. The van der Waals surface area contributed by atoms with Crippen LogP contribution in [0.5, 0.6) is 5.75 Å². The van der Waals surface area contributed by atoms with Crippen LogP contribution in [0, 0.1) is 6.92 Å². The molecule has 2 saturated heterocycles. The van der Waals surface area contributed by atoms with Crippen LogP contribution in [0.25, 0.3) is 0 Å². The number of fused-ring (bicyclic) bond motifs is 2. The molecule has 8 nitrogen and oxygen atoms in total. The van der Waals surface area contributed by atoms with Gasteiger partial charge in [0.15, 0.2) is 0 Å². The number of urea groups is 1. The molecular weight excluding hydrogens is 504 g/mol. The molecule has 0 saturated carbocycles. The summed E-state index contributed by atoms with van der Waals surface area (Å²) in [5.74, 6) is 0.424. The fraction of sp³-hybridized carbons (Fsp3) is 0.483. The van der Waals surface area contributed by atoms with Gasteiger partial charge in [-0.15, -0.1) is 0 Å². The summed E-state index contributed by atoms with van der Waals surface area (Å²) < 4.78 is 6.56. The lowest BCUT2D eigenvalue weighted by Crippen LogP contribution is -2.52. The van der Waals surface area contributed by atoms with Gasteiger partial charge in [-0.25, -0.2) is 4.79 Å². The number of nitrogens with zero attached hydrogens (tertiary/aromatic N) is 2. The number of piperidine rings is 2. The summed E-state index contributed by atoms with van der Waals surface area (Å²) in [5.41, 5.74) is 2.37. The lowest BCUT2D eigenvalue weighted by atomic mass is 9.67. The van der Waals surface area contributed by atoms with Gasteiger partial charge in [-0.2, -0.15) is 0 Å². The van der Waals surface area contributed by atoms with E-state index in [4.69, 9.17) is 16.3 Å². The van der Waals surface area contributed by atoms with Gasteiger partial charge in [0, 0.05) is 61.7 Å². The van der Waals surface area contributed by atoms with E-state index in [1.165, 1.54) is 0 Å². The van der Waals surface area contributed by atoms with Crippen LogP contribution in [0.3, 0.4) is 0 Å². The van der Waals surface area contributed by atoms with E-state index in [9.17, 15) is 14.4 Å². The summed E-state index contributed by atoms with van der Waals surface area (Å²) in [4.78, 5) is 42.8. The van der Waals surface area contributed by atoms with Gasteiger partial charge in [-0.1, -0.05) is 35.4 Å². The number of anilines is 1. The van der Waals surface area contributed by atoms with Crippen LogP contribution in [0.15, 0.2) is 36.4 Å². The Hall–Kier alpha value is -3.26. The van der Waals surface area contributed by atoms with Crippen molar-refractivity contribution in [3.8, 4) is 5.75 Å². The number of aryl methyl sites for hydroxylation is 1. The summed E-state index contributed by atoms with van der Waals surface area (Å²) in [7, 11) is 0. The second-order valence-corrected chi connectivity index (χ2v) is 10.9. The van der Waals surface area contributed by atoms with Gasteiger partial charge in [-0.3, -0.25) is 9.59 Å². The first kappa shape index (κ1) is 26.4. The van der Waals surface area contributed by atoms with Gasteiger partial charge < -0.3 is 25.2 Å². The molecule has 0 aromatic heterocycles. The fourth-order valence-corrected chi connectivity index (χ4v) is 6.27. The number of carbonyl (C=O) groups excluding carboxylic acids is 3. The molecule has 3 aliphatic rings. The smallest absolute Gasteiger partial charge is 0.319 e. The van der Waals surface area contributed by atoms with Crippen molar-refractivity contribution in [2.24, 2.45) is 0 Å². The van der Waals surface area contributed by atoms with E-state index >= 15 is 0 Å². The first-order valence-electron chi connectivity index (χ1n) is 13.5. The molecule has 1 spiro atoms. The van der Waals surface area contributed by atoms with Gasteiger partial charge >= 0.3 is 6.03 Å². The Kier molecular flexibility index (Phi) is 7.27. The third-order valence-corrected chi connectivity index (χ3v) is 8.41. The van der Waals surface area contributed by atoms with Crippen LogP contribution in [0.4, 0.5) is 10.5 Å². The first-order chi connectivity index (χ1) is 18.3. The maximum absolute atomic E-state index is 13.6. The summed E-state index contributed by atoms with van der Waals surface area (Å²) >= 11 is 6.22. The van der Waals surface area contributed by atoms with Crippen molar-refractivity contribution in [2.45, 2.75) is 64.0 Å². The van der Waals surface area contributed by atoms with E-state index in [-0.39, 0.29) is 30.4 Å². The van der Waals surface area contributed by atoms with Crippen molar-refractivity contribution in [3.05, 3.63) is 58.1 Å². The molecule has 3 aliphatic heterocycles. The van der Waals surface area contributed by atoms with Crippen molar-refractivity contribution in [1.29, 1.82) is 0 Å². The predicted molar refractivity (Wildman–Crippen MR) is 147 cm³/mol. The number of hydrogen-bond acceptors (Lipinski definition) is 4. The third kappa shape index (κ3) is 4.59. The SMILES string of the molecule is CCN(CC)C(=O)N1CCC(Oc2ccc(C)cc2[C@H]2NC(=O)CCC23C(=O)Nc2cc(Cl)ccc23)CC1. The number of amides is 4. The second-order valence-electron chi connectivity index (χ2n) is 10.4. The van der Waals surface area contributed by atoms with Crippen LogP contribution >= 0.6 is 11.6 Å². The highest BCUT2D eigenvalue weighted by molar-refractivity contribution is 6.31. The molecule has 1 unspecified atom stereocenters. The zero-order valence-corrected chi connectivity index (χ0v) is 22.9. The molecular formula is C29H35ClN4O4. The number of rotatable bonds is 5. The lowest BCUT2D eigenvalue weighted by Gasteiger charge is -2.41. The van der Waals surface area contributed by atoms with Crippen molar-refractivity contribution in [2.75, 3.05) is 31.5 Å². The predicted octanol–water partition coefficient (Wildman–Crippen LogP) is 4.79. The highest BCUT2D eigenvalue weighted by atomic mass is 35.5. The molecule has 0 radical (unpaired) electrons. The lowest BCUT2D eigenvalue weighted by molar-refractivity contribution is -0.130. The van der Waals surface area contributed by atoms with Crippen LogP contribution in [-0.4, -0.2) is 59.9 Å². The number of likely N-dealkylation sites (tertiary alicyclic amines) is 1. The van der Waals surface area contributed by atoms with E-state index in [2.05, 4.69) is 10.6 Å². The van der Waals surface area contributed by atoms with Gasteiger partial charge in [-0.05, 0) is 51.0 Å². The van der Waals surface area contributed by atoms with Crippen molar-refractivity contribution < 1.29 is 19.1 Å². The van der Waals surface area contributed by atoms with E-state index in [1.807, 2.05) is 54.8 Å². The molecule has 3 heterocycles. The average molecular weight is 539 g/mol. The Morgan fingerprint density at radius 2 is 1.87 bits per heavy atom. The van der Waals surface area contributed by atoms with Gasteiger partial charge in [0.2, 0.25) is 11.8 Å². The largest absolute Gasteiger partial charge is 0.490 e.